The molecule has 3 rings (SSSR count). The molecular formula is C17H13N3O5S2. The van der Waals surface area contributed by atoms with Crippen molar-refractivity contribution in [3.8, 4) is 9.88 Å². The van der Waals surface area contributed by atoms with Crippen LogP contribution in [0.15, 0.2) is 47.2 Å². The maximum Gasteiger partial charge on any atom is 0.358 e. The van der Waals surface area contributed by atoms with Crippen LogP contribution in [0.2, 0.25) is 0 Å². The summed E-state index contributed by atoms with van der Waals surface area (Å²) in [6.45, 7) is 1.44. The van der Waals surface area contributed by atoms with Gasteiger partial charge in [-0.15, -0.1) is 22.7 Å². The van der Waals surface area contributed by atoms with Crippen molar-refractivity contribution in [2.45, 2.75) is 13.0 Å². The lowest BCUT2D eigenvalue weighted by Gasteiger charge is -2.12. The number of aromatic nitrogens is 1. The number of hydrogen-bond acceptors (Lipinski definition) is 8. The van der Waals surface area contributed by atoms with Crippen molar-refractivity contribution in [1.29, 1.82) is 0 Å². The Morgan fingerprint density at radius 3 is 2.59 bits per heavy atom. The average Bonchev–Trinajstić information content (AvgIpc) is 3.33. The van der Waals surface area contributed by atoms with E-state index in [9.17, 15) is 19.7 Å². The number of non-ortho nitro benzene ring substituents is 1. The monoisotopic (exact) mass is 403 g/mol. The molecule has 1 aromatic carbocycles. The van der Waals surface area contributed by atoms with Crippen molar-refractivity contribution in [3.05, 3.63) is 63.0 Å². The lowest BCUT2D eigenvalue weighted by Crippen LogP contribution is -2.30. The molecule has 0 radical (unpaired) electrons. The van der Waals surface area contributed by atoms with Crippen LogP contribution in [-0.4, -0.2) is 27.9 Å². The van der Waals surface area contributed by atoms with Crippen LogP contribution >= 0.6 is 22.7 Å². The van der Waals surface area contributed by atoms with Gasteiger partial charge in [-0.05, 0) is 30.5 Å². The first kappa shape index (κ1) is 18.7. The number of thiophene rings is 1. The second kappa shape index (κ2) is 8.06. The number of esters is 1. The van der Waals surface area contributed by atoms with Gasteiger partial charge in [0.15, 0.2) is 11.8 Å². The van der Waals surface area contributed by atoms with Crippen molar-refractivity contribution in [2.75, 3.05) is 5.32 Å². The summed E-state index contributed by atoms with van der Waals surface area (Å²) in [6, 6.07) is 9.14. The predicted molar refractivity (Wildman–Crippen MR) is 102 cm³/mol. The highest BCUT2D eigenvalue weighted by Crippen LogP contribution is 2.28. The number of carbonyl (C=O) groups is 2. The number of nitrogens with zero attached hydrogens (tertiary/aromatic N) is 2. The molecule has 0 saturated heterocycles. The summed E-state index contributed by atoms with van der Waals surface area (Å²) in [5, 5.41) is 17.4. The Morgan fingerprint density at radius 1 is 1.22 bits per heavy atom. The maximum absolute atomic E-state index is 12.2. The third-order valence-electron chi connectivity index (χ3n) is 3.44. The standard InChI is InChI=1S/C17H13N3O5S2/c1-10(15(21)18-11-4-6-12(7-5-11)20(23)24)25-17(22)13-9-27-16(19-13)14-3-2-8-26-14/h2-10H,1H3,(H,18,21). The fourth-order valence-electron chi connectivity index (χ4n) is 2.07. The molecule has 0 fully saturated rings. The predicted octanol–water partition coefficient (Wildman–Crippen LogP) is 3.96. The third-order valence-corrected chi connectivity index (χ3v) is 5.33. The number of hydrogen-bond donors (Lipinski definition) is 1. The van der Waals surface area contributed by atoms with Gasteiger partial charge in [0.1, 0.15) is 5.01 Å². The molecule has 1 N–H and O–H groups in total. The van der Waals surface area contributed by atoms with Crippen molar-refractivity contribution in [2.24, 2.45) is 0 Å². The molecule has 0 aliphatic heterocycles. The molecule has 138 valence electrons. The molecular weight excluding hydrogens is 390 g/mol. The van der Waals surface area contributed by atoms with Crippen molar-refractivity contribution in [3.63, 3.8) is 0 Å². The number of thiazole rings is 1. The highest BCUT2D eigenvalue weighted by Gasteiger charge is 2.21. The van der Waals surface area contributed by atoms with E-state index in [0.717, 1.165) is 4.88 Å². The summed E-state index contributed by atoms with van der Waals surface area (Å²) < 4.78 is 5.15. The van der Waals surface area contributed by atoms with E-state index in [1.165, 1.54) is 53.9 Å². The second-order valence-electron chi connectivity index (χ2n) is 5.36. The Morgan fingerprint density at radius 2 is 1.96 bits per heavy atom. The van der Waals surface area contributed by atoms with Gasteiger partial charge in [-0.3, -0.25) is 14.9 Å². The van der Waals surface area contributed by atoms with Crippen molar-refractivity contribution in [1.82, 2.24) is 4.98 Å². The summed E-state index contributed by atoms with van der Waals surface area (Å²) in [6.07, 6.45) is -1.06. The van der Waals surface area contributed by atoms with Gasteiger partial charge in [0.2, 0.25) is 0 Å². The number of amides is 1. The smallest absolute Gasteiger partial charge is 0.358 e. The zero-order chi connectivity index (χ0) is 19.4. The van der Waals surface area contributed by atoms with Gasteiger partial charge in [-0.25, -0.2) is 9.78 Å². The van der Waals surface area contributed by atoms with Gasteiger partial charge in [0.05, 0.1) is 9.80 Å². The van der Waals surface area contributed by atoms with Crippen molar-refractivity contribution < 1.29 is 19.2 Å². The van der Waals surface area contributed by atoms with Crippen LogP contribution in [0.5, 0.6) is 0 Å². The molecule has 0 aliphatic carbocycles. The maximum atomic E-state index is 12.2. The van der Waals surface area contributed by atoms with Gasteiger partial charge < -0.3 is 10.1 Å². The number of rotatable bonds is 6. The molecule has 0 spiro atoms. The first-order valence-electron chi connectivity index (χ1n) is 7.70. The van der Waals surface area contributed by atoms with Crippen molar-refractivity contribution >= 4 is 45.9 Å². The van der Waals surface area contributed by atoms with Crippen LogP contribution in [-0.2, 0) is 9.53 Å². The van der Waals surface area contributed by atoms with E-state index in [1.807, 2.05) is 17.5 Å². The highest BCUT2D eigenvalue weighted by atomic mass is 32.1. The molecule has 2 aromatic heterocycles. The minimum atomic E-state index is -1.06. The summed E-state index contributed by atoms with van der Waals surface area (Å²) in [5.74, 6) is -1.24. The number of nitro groups is 1. The minimum Gasteiger partial charge on any atom is -0.448 e. The summed E-state index contributed by atoms with van der Waals surface area (Å²) in [7, 11) is 0. The second-order valence-corrected chi connectivity index (χ2v) is 7.16. The number of carbonyl (C=O) groups excluding carboxylic acids is 2. The number of anilines is 1. The van der Waals surface area contributed by atoms with E-state index in [1.54, 1.807) is 5.38 Å². The van der Waals surface area contributed by atoms with Crippen LogP contribution < -0.4 is 5.32 Å². The lowest BCUT2D eigenvalue weighted by atomic mass is 10.2. The number of nitrogens with one attached hydrogen (secondary N) is 1. The normalized spacial score (nSPS) is 11.6. The van der Waals surface area contributed by atoms with Gasteiger partial charge in [0, 0.05) is 23.2 Å². The van der Waals surface area contributed by atoms with Gasteiger partial charge in [-0.1, -0.05) is 6.07 Å². The van der Waals surface area contributed by atoms with Crippen LogP contribution in [0.4, 0.5) is 11.4 Å². The number of nitro benzene ring substituents is 1. The Labute approximate surface area is 161 Å². The van der Waals surface area contributed by atoms with E-state index in [2.05, 4.69) is 10.3 Å². The quantitative estimate of drug-likeness (QED) is 0.379. The zero-order valence-electron chi connectivity index (χ0n) is 13.9. The summed E-state index contributed by atoms with van der Waals surface area (Å²) >= 11 is 2.83. The Kier molecular flexibility index (Phi) is 5.57. The van der Waals surface area contributed by atoms with Gasteiger partial charge >= 0.3 is 5.97 Å². The SMILES string of the molecule is CC(OC(=O)c1csc(-c2cccs2)n1)C(=O)Nc1ccc([N+](=O)[O-])cc1. The first-order valence-corrected chi connectivity index (χ1v) is 9.45. The van der Waals surface area contributed by atoms with Gasteiger partial charge in [-0.2, -0.15) is 0 Å². The average molecular weight is 403 g/mol. The van der Waals surface area contributed by atoms with Crippen LogP contribution in [0.1, 0.15) is 17.4 Å². The molecule has 1 amide bonds. The molecule has 1 atom stereocenters. The molecule has 27 heavy (non-hydrogen) atoms. The van der Waals surface area contributed by atoms with E-state index in [0.29, 0.717) is 10.7 Å². The minimum absolute atomic E-state index is 0.0856. The fraction of sp³-hybridized carbons (Fsp3) is 0.118. The summed E-state index contributed by atoms with van der Waals surface area (Å²) in [4.78, 5) is 39.6. The van der Waals surface area contributed by atoms with Crippen LogP contribution in [0.25, 0.3) is 9.88 Å². The summed E-state index contributed by atoms with van der Waals surface area (Å²) in [5.41, 5.74) is 0.415. The largest absolute Gasteiger partial charge is 0.448 e. The lowest BCUT2D eigenvalue weighted by molar-refractivity contribution is -0.384. The molecule has 10 heteroatoms. The van der Waals surface area contributed by atoms with Gasteiger partial charge in [0.25, 0.3) is 11.6 Å². The number of benzene rings is 1. The van der Waals surface area contributed by atoms with E-state index in [4.69, 9.17) is 4.74 Å². The molecule has 0 bridgehead atoms. The number of ether oxygens (including phenoxy) is 1. The van der Waals surface area contributed by atoms with E-state index >= 15 is 0 Å². The third kappa shape index (κ3) is 4.54. The molecule has 3 aromatic rings. The Balaban J connectivity index is 1.59. The Hall–Kier alpha value is -3.11. The highest BCUT2D eigenvalue weighted by molar-refractivity contribution is 7.20. The Bertz CT molecular complexity index is 967. The topological polar surface area (TPSA) is 111 Å². The van der Waals surface area contributed by atoms with E-state index in [-0.39, 0.29) is 11.4 Å². The zero-order valence-corrected chi connectivity index (χ0v) is 15.6. The molecule has 0 saturated carbocycles. The van der Waals surface area contributed by atoms with Crippen LogP contribution in [0, 0.1) is 10.1 Å². The van der Waals surface area contributed by atoms with Crippen LogP contribution in [0.3, 0.4) is 0 Å². The van der Waals surface area contributed by atoms with E-state index < -0.39 is 22.9 Å². The molecule has 8 nitrogen and oxygen atoms in total. The fourth-order valence-corrected chi connectivity index (χ4v) is 3.67. The first-order chi connectivity index (χ1) is 12.9. The molecule has 0 aliphatic rings. The molecule has 1 unspecified atom stereocenters. The molecule has 2 heterocycles.